The van der Waals surface area contributed by atoms with E-state index in [0.717, 1.165) is 196 Å². The summed E-state index contributed by atoms with van der Waals surface area (Å²) in [6.07, 6.45) is 0. The molecule has 3 aromatic heterocycles. The quantitative estimate of drug-likeness (QED) is 0.150. The summed E-state index contributed by atoms with van der Waals surface area (Å²) in [4.78, 5) is 13.3. The second kappa shape index (κ2) is 30.2. The van der Waals surface area contributed by atoms with Crippen LogP contribution in [0.4, 0.5) is 96.7 Å². The maximum absolute atomic E-state index is 7.65. The summed E-state index contributed by atoms with van der Waals surface area (Å²) in [7, 11) is 0. The number of anilines is 17. The van der Waals surface area contributed by atoms with Crippen LogP contribution in [-0.4, -0.2) is 20.1 Å². The molecule has 0 saturated carbocycles. The number of hydrogen-bond acceptors (Lipinski definition) is 9. The number of furan rings is 3. The molecule has 21 aromatic rings. The monoisotopic (exact) mass is 1820 g/mol. The summed E-state index contributed by atoms with van der Waals surface area (Å²) >= 11 is 0. The number of benzene rings is 18. The van der Waals surface area contributed by atoms with Crippen LogP contribution in [0.15, 0.2) is 329 Å². The van der Waals surface area contributed by atoms with Gasteiger partial charge in [-0.2, -0.15) is 0 Å². The summed E-state index contributed by atoms with van der Waals surface area (Å²) in [5, 5.41) is 11.1. The van der Waals surface area contributed by atoms with Crippen molar-refractivity contribution in [1.29, 1.82) is 0 Å². The van der Waals surface area contributed by atoms with Gasteiger partial charge < -0.3 is 43.1 Å². The van der Waals surface area contributed by atoms with E-state index in [1.807, 2.05) is 0 Å². The van der Waals surface area contributed by atoms with E-state index in [1.54, 1.807) is 0 Å². The van der Waals surface area contributed by atoms with Crippen molar-refractivity contribution < 1.29 is 13.3 Å². The summed E-state index contributed by atoms with van der Waals surface area (Å²) in [5.41, 5.74) is 55.3. The minimum atomic E-state index is -0.404. The largest absolute Gasteiger partial charge is 0.455 e. The van der Waals surface area contributed by atoms with Crippen LogP contribution in [0.25, 0.3) is 99.2 Å². The van der Waals surface area contributed by atoms with Gasteiger partial charge in [0.25, 0.3) is 20.1 Å². The molecule has 6 aliphatic heterocycles. The summed E-state index contributed by atoms with van der Waals surface area (Å²) in [6, 6.07) is 121. The highest BCUT2D eigenvalue weighted by Crippen LogP contribution is 2.57. The highest BCUT2D eigenvalue weighted by molar-refractivity contribution is 7.04. The van der Waals surface area contributed by atoms with Gasteiger partial charge in [-0.15, -0.1) is 0 Å². The molecule has 0 bridgehead atoms. The fourth-order valence-corrected chi connectivity index (χ4v) is 26.2. The summed E-state index contributed by atoms with van der Waals surface area (Å²) < 4.78 is 22.5. The van der Waals surface area contributed by atoms with Gasteiger partial charge in [0.2, 0.25) is 0 Å². The Morgan fingerprint density at radius 3 is 0.872 bits per heavy atom. The number of fused-ring (bicyclic) bond motifs is 21. The summed E-state index contributed by atoms with van der Waals surface area (Å²) in [5.74, 6) is 0. The molecule has 6 aliphatic rings. The van der Waals surface area contributed by atoms with Gasteiger partial charge in [-0.1, -0.05) is 310 Å². The molecular formula is C129H107B3N6O3. The first-order valence-electron chi connectivity index (χ1n) is 50.1. The Bertz CT molecular complexity index is 9020. The van der Waals surface area contributed by atoms with Gasteiger partial charge >= 0.3 is 0 Å². The van der Waals surface area contributed by atoms with Gasteiger partial charge in [0.05, 0.1) is 17.1 Å². The molecule has 1 N–H and O–H groups in total. The van der Waals surface area contributed by atoms with Gasteiger partial charge in [0.15, 0.2) is 0 Å². The molecule has 141 heavy (non-hydrogen) atoms. The molecule has 0 spiro atoms. The lowest BCUT2D eigenvalue weighted by Gasteiger charge is -2.48. The minimum Gasteiger partial charge on any atom is -0.455 e. The lowest BCUT2D eigenvalue weighted by molar-refractivity contribution is 0.572. The maximum Gasteiger partial charge on any atom is 0.252 e. The third kappa shape index (κ3) is 12.3. The first-order chi connectivity index (χ1) is 68.1. The number of hydrogen-bond donors (Lipinski definition) is 1. The molecule has 0 aliphatic carbocycles. The zero-order valence-electron chi connectivity index (χ0n) is 83.2. The van der Waals surface area contributed by atoms with E-state index in [-0.39, 0.29) is 29.7 Å². The van der Waals surface area contributed by atoms with E-state index >= 15 is 0 Å². The third-order valence-corrected chi connectivity index (χ3v) is 31.6. The Balaban J connectivity index is 0.787. The Morgan fingerprint density at radius 1 is 0.220 bits per heavy atom. The second-order valence-corrected chi connectivity index (χ2v) is 44.1. The molecule has 9 heterocycles. The van der Waals surface area contributed by atoms with Crippen molar-refractivity contribution in [2.75, 3.05) is 29.8 Å². The second-order valence-electron chi connectivity index (χ2n) is 44.1. The highest BCUT2D eigenvalue weighted by atomic mass is 16.3. The van der Waals surface area contributed by atoms with Crippen LogP contribution < -0.4 is 79.0 Å². The van der Waals surface area contributed by atoms with Gasteiger partial charge in [-0.05, 0) is 263 Å². The maximum atomic E-state index is 7.65. The molecule has 18 aromatic carbocycles. The van der Waals surface area contributed by atoms with Crippen molar-refractivity contribution in [2.24, 2.45) is 0 Å². The number of para-hydroxylation sites is 10. The van der Waals surface area contributed by atoms with Crippen LogP contribution >= 0.6 is 0 Å². The van der Waals surface area contributed by atoms with Gasteiger partial charge in [-0.3, -0.25) is 0 Å². The molecule has 0 amide bonds. The van der Waals surface area contributed by atoms with Crippen molar-refractivity contribution >= 4 is 232 Å². The van der Waals surface area contributed by atoms with E-state index < -0.39 is 6.71 Å². The van der Waals surface area contributed by atoms with Gasteiger partial charge in [-0.25, -0.2) is 0 Å². The smallest absolute Gasteiger partial charge is 0.252 e. The van der Waals surface area contributed by atoms with Gasteiger partial charge in [0, 0.05) is 145 Å². The van der Waals surface area contributed by atoms with Crippen molar-refractivity contribution in [1.82, 2.24) is 0 Å². The van der Waals surface area contributed by atoms with Crippen molar-refractivity contribution in [3.63, 3.8) is 0 Å². The van der Waals surface area contributed by atoms with E-state index in [1.165, 1.54) is 116 Å². The zero-order chi connectivity index (χ0) is 96.0. The van der Waals surface area contributed by atoms with E-state index in [0.29, 0.717) is 0 Å². The number of aryl methyl sites for hydroxylation is 9. The minimum absolute atomic E-state index is 0.162. The van der Waals surface area contributed by atoms with E-state index in [4.69, 9.17) is 13.3 Å². The van der Waals surface area contributed by atoms with Crippen molar-refractivity contribution in [3.05, 3.63) is 382 Å². The predicted molar refractivity (Wildman–Crippen MR) is 600 cm³/mol. The molecule has 0 unspecified atom stereocenters. The molecular weight excluding hydrogens is 1710 g/mol. The molecule has 0 atom stereocenters. The van der Waals surface area contributed by atoms with Crippen LogP contribution in [-0.2, 0) is 16.2 Å². The fourth-order valence-electron chi connectivity index (χ4n) is 26.2. The first kappa shape index (κ1) is 84.6. The van der Waals surface area contributed by atoms with Crippen LogP contribution in [0.2, 0.25) is 0 Å². The van der Waals surface area contributed by atoms with E-state index in [2.05, 4.69) is 470 Å². The van der Waals surface area contributed by atoms with Gasteiger partial charge in [0.1, 0.15) is 33.5 Å². The number of rotatable bonds is 8. The molecule has 0 fully saturated rings. The topological polar surface area (TPSA) is 67.6 Å². The van der Waals surface area contributed by atoms with E-state index in [9.17, 15) is 0 Å². The molecule has 0 radical (unpaired) electrons. The SMILES string of the molecule is Cc1cc(C)c(N2c3cc4c(cc3B3c5ccccc5N(c5ccccc5)c5cc(-c6cccc7c6oc6c(C(C)(C)C)cccc67)cc2c53)B2c3cc5c(cc3N(c3c(C)cc(C)cc3C)c3cc(-c6cccc7c6oc6c(C(C)(C)C)cccc67)cc(c32)N4c2c(C)cc(C)cc2C)Nc2cc(-c3cccc4c3oc3c(C(C)(C)C)cccc34)cc3c2B5c2ccccc2N3c2ccccc2)c(C)c1. The molecule has 9 nitrogen and oxygen atoms in total. The molecule has 680 valence electrons. The Hall–Kier alpha value is -15.6. The average molecular weight is 1820 g/mol. The van der Waals surface area contributed by atoms with Crippen molar-refractivity contribution in [2.45, 2.75) is 141 Å². The highest BCUT2D eigenvalue weighted by Gasteiger charge is 2.52. The van der Waals surface area contributed by atoms with Crippen molar-refractivity contribution in [3.8, 4) is 33.4 Å². The average Bonchev–Trinajstić information content (AvgIpc) is 1.11. The molecule has 12 heteroatoms. The predicted octanol–water partition coefficient (Wildman–Crippen LogP) is 29.6. The number of nitrogens with zero attached hydrogens (tertiary/aromatic N) is 5. The molecule has 0 saturated heterocycles. The van der Waals surface area contributed by atoms with Crippen LogP contribution in [0, 0.1) is 62.3 Å². The summed E-state index contributed by atoms with van der Waals surface area (Å²) in [6.45, 7) is 40.5. The Morgan fingerprint density at radius 2 is 0.511 bits per heavy atom. The van der Waals surface area contributed by atoms with Crippen LogP contribution in [0.5, 0.6) is 0 Å². The zero-order valence-corrected chi connectivity index (χ0v) is 83.2. The lowest BCUT2D eigenvalue weighted by Crippen LogP contribution is -2.66. The fraction of sp³-hybridized carbons (Fsp3) is 0.163. The Labute approximate surface area is 825 Å². The lowest BCUT2D eigenvalue weighted by atomic mass is 9.29. The normalized spacial score (nSPS) is 13.8. The van der Waals surface area contributed by atoms with Crippen LogP contribution in [0.3, 0.4) is 0 Å². The standard InChI is InChI=1S/C129H107B3N6O3/c1-71-55-74(4)118(75(5)56-71)136-107-69-103-99(130-97-51-25-27-53-105(97)134(83-35-21-19-22-36-83)110-62-80(61-104(133-103)115(110)130)85-39-29-42-88-91-45-32-48-94(127(10,11)12)124(91)139-121(85)88)67-100(107)132-102-68-101-108(70-109(102)138(120-78(8)59-73(3)60-79(120)9)114-66-82(65-113(136)117(114)132)87-41-31-44-90-93-47-34-50-96(129(16,17)18)126(93)141-123(87)90)137(119-76(6)57-72(2)58-77(119)7)112-64-81(86-40-30-43-89-92-46-33-49-95(128(13,14)15)125(92)140-122(86)89)63-111-116(112)131(101)98-52-26-28-54-106(98)135(111)84-37-23-20-24-38-84/h19-70,133H,1-18H3. The van der Waals surface area contributed by atoms with Crippen LogP contribution in [0.1, 0.15) is 129 Å². The number of nitrogens with one attached hydrogen (secondary N) is 1. The molecule has 27 rings (SSSR count). The Kier molecular flexibility index (Phi) is 18.1. The first-order valence-corrected chi connectivity index (χ1v) is 50.1. The third-order valence-electron chi connectivity index (χ3n) is 31.6.